The van der Waals surface area contributed by atoms with Crippen LogP contribution in [0, 0.1) is 11.6 Å². The summed E-state index contributed by atoms with van der Waals surface area (Å²) >= 11 is -0.865. The molecule has 1 heterocycles. The van der Waals surface area contributed by atoms with Crippen molar-refractivity contribution in [3.63, 3.8) is 0 Å². The quantitative estimate of drug-likeness (QED) is 0.470. The monoisotopic (exact) mass is 550 g/mol. The fraction of sp³-hybridized carbons (Fsp3) is 0.462. The molecule has 1 aliphatic heterocycles. The molecule has 9 heteroatoms. The number of halogens is 2. The first-order valence-corrected chi connectivity index (χ1v) is 14.1. The Bertz CT molecular complexity index is 1040. The number of carbonyl (C=O) groups excluding carboxylic acids is 2. The van der Waals surface area contributed by atoms with E-state index in [1.807, 2.05) is 6.07 Å². The minimum absolute atomic E-state index is 0.103. The fourth-order valence-corrected chi connectivity index (χ4v) is 8.30. The zero-order valence-electron chi connectivity index (χ0n) is 20.5. The summed E-state index contributed by atoms with van der Waals surface area (Å²) in [5.41, 5.74) is 2.70. The summed E-state index contributed by atoms with van der Waals surface area (Å²) in [5, 5.41) is 14.3. The molecule has 2 aromatic rings. The van der Waals surface area contributed by atoms with Crippen LogP contribution in [0.1, 0.15) is 43.4 Å². The molecule has 2 N–H and O–H groups in total. The van der Waals surface area contributed by atoms with Crippen molar-refractivity contribution < 1.29 is 28.2 Å². The van der Waals surface area contributed by atoms with E-state index >= 15 is 0 Å². The number of hydrogen-bond acceptors (Lipinski definition) is 4. The molecule has 3 rings (SSSR count). The number of aliphatic hydroxyl groups is 1. The van der Waals surface area contributed by atoms with Crippen molar-refractivity contribution >= 4 is 27.8 Å². The van der Waals surface area contributed by atoms with Gasteiger partial charge < -0.3 is 0 Å². The van der Waals surface area contributed by atoms with Crippen LogP contribution >= 0.6 is 0 Å². The van der Waals surface area contributed by atoms with Crippen LogP contribution in [0.2, 0.25) is 5.21 Å². The molecule has 0 radical (unpaired) electrons. The van der Waals surface area contributed by atoms with Gasteiger partial charge in [-0.1, -0.05) is 0 Å². The zero-order chi connectivity index (χ0) is 25.8. The first-order chi connectivity index (χ1) is 16.5. The molecule has 0 aliphatic carbocycles. The predicted molar refractivity (Wildman–Crippen MR) is 132 cm³/mol. The number of nitrogens with one attached hydrogen (secondary N) is 1. The summed E-state index contributed by atoms with van der Waals surface area (Å²) in [6.07, 6.45) is -1.18. The van der Waals surface area contributed by atoms with Gasteiger partial charge in [-0.15, -0.1) is 0 Å². The third kappa shape index (κ3) is 6.83. The molecule has 3 atom stereocenters. The van der Waals surface area contributed by atoms with Crippen molar-refractivity contribution in [3.05, 3.63) is 70.8 Å². The molecule has 6 nitrogen and oxygen atoms in total. The molecule has 190 valence electrons. The topological polar surface area (TPSA) is 78.9 Å². The molecular formula is C26H33AsF2N2O4. The van der Waals surface area contributed by atoms with Gasteiger partial charge in [0.25, 0.3) is 0 Å². The molecule has 35 heavy (non-hydrogen) atoms. The predicted octanol–water partition coefficient (Wildman–Crippen LogP) is 3.33. The number of aliphatic hydroxyl groups excluding tert-OH is 1. The van der Waals surface area contributed by atoms with Gasteiger partial charge in [0.15, 0.2) is 0 Å². The number of rotatable bonds is 9. The first kappa shape index (κ1) is 27.2. The molecule has 0 aromatic heterocycles. The molecule has 1 saturated heterocycles. The molecule has 1 fully saturated rings. The Morgan fingerprint density at radius 2 is 1.83 bits per heavy atom. The Hall–Kier alpha value is -2.44. The van der Waals surface area contributed by atoms with Crippen molar-refractivity contribution in [2.75, 3.05) is 20.2 Å². The van der Waals surface area contributed by atoms with E-state index in [4.69, 9.17) is 4.74 Å². The number of amides is 2. The van der Waals surface area contributed by atoms with E-state index in [-0.39, 0.29) is 22.6 Å². The third-order valence-electron chi connectivity index (χ3n) is 6.34. The third-order valence-corrected chi connectivity index (χ3v) is 10.3. The minimum atomic E-state index is -0.900. The number of hydrogen-bond donors (Lipinski definition) is 2. The van der Waals surface area contributed by atoms with E-state index in [1.54, 1.807) is 4.90 Å². The van der Waals surface area contributed by atoms with Gasteiger partial charge in [-0.2, -0.15) is 0 Å². The number of likely N-dealkylation sites (tertiary alicyclic amines) is 1. The summed E-state index contributed by atoms with van der Waals surface area (Å²) in [4.78, 5) is 25.5. The van der Waals surface area contributed by atoms with Gasteiger partial charge >= 0.3 is 212 Å². The van der Waals surface area contributed by atoms with Crippen molar-refractivity contribution in [1.29, 1.82) is 0 Å². The molecule has 2 amide bonds. The van der Waals surface area contributed by atoms with E-state index in [1.165, 1.54) is 31.7 Å². The van der Waals surface area contributed by atoms with Crippen molar-refractivity contribution in [3.8, 4) is 0 Å². The molecule has 3 unspecified atom stereocenters. The van der Waals surface area contributed by atoms with E-state index in [2.05, 4.69) is 37.4 Å². The van der Waals surface area contributed by atoms with Crippen LogP contribution in [0.5, 0.6) is 0 Å². The summed E-state index contributed by atoms with van der Waals surface area (Å²) in [7, 11) is 1.36. The van der Waals surface area contributed by atoms with Gasteiger partial charge in [-0.05, 0) is 0 Å². The van der Waals surface area contributed by atoms with Crippen LogP contribution in [0.25, 0.3) is 0 Å². The Morgan fingerprint density at radius 3 is 2.40 bits per heavy atom. The standard InChI is InChI=1S/C26H33AsF2N2O4/c1-16(2)19-6-5-7-20(11-19)26(14-31(15-26)25(34)35-4)27-13-24(33)23(30-17(3)32)10-18-8-21(28)12-22(29)9-18/h5-9,11-12,16,23-24,27,33H,10,13-15H2,1-4H3,(H,30,32). The zero-order valence-corrected chi connectivity index (χ0v) is 22.6. The summed E-state index contributed by atoms with van der Waals surface area (Å²) < 4.78 is 32.0. The Labute approximate surface area is 211 Å². The summed E-state index contributed by atoms with van der Waals surface area (Å²) in [5.74, 6) is -1.38. The SMILES string of the molecule is COC(=O)N1CC([AsH]CC(O)C(Cc2cc(F)cc(F)c2)NC(C)=O)(c2cccc(C(C)C)c2)C1. The second kappa shape index (κ2) is 11.5. The van der Waals surface area contributed by atoms with Crippen LogP contribution in [0.15, 0.2) is 42.5 Å². The molecule has 1 aliphatic rings. The summed E-state index contributed by atoms with van der Waals surface area (Å²) in [6.45, 7) is 6.62. The van der Waals surface area contributed by atoms with Gasteiger partial charge in [-0.3, -0.25) is 0 Å². The molecule has 0 bridgehead atoms. The summed E-state index contributed by atoms with van der Waals surface area (Å²) in [6, 6.07) is 10.9. The van der Waals surface area contributed by atoms with E-state index in [0.29, 0.717) is 29.8 Å². The number of methoxy groups -OCH3 is 1. The van der Waals surface area contributed by atoms with Crippen molar-refractivity contribution in [1.82, 2.24) is 10.2 Å². The second-order valence-electron chi connectivity index (χ2n) is 9.43. The molecule has 2 aromatic carbocycles. The van der Waals surface area contributed by atoms with Crippen molar-refractivity contribution in [2.24, 2.45) is 0 Å². The maximum absolute atomic E-state index is 13.7. The Balaban J connectivity index is 1.79. The van der Waals surface area contributed by atoms with Gasteiger partial charge in [0.2, 0.25) is 0 Å². The number of carbonyl (C=O) groups is 2. The van der Waals surface area contributed by atoms with Crippen LogP contribution in [-0.4, -0.2) is 70.1 Å². The van der Waals surface area contributed by atoms with Crippen LogP contribution in [0.3, 0.4) is 0 Å². The van der Waals surface area contributed by atoms with Crippen LogP contribution in [-0.2, 0) is 20.2 Å². The normalized spacial score (nSPS) is 16.7. The number of benzene rings is 2. The van der Waals surface area contributed by atoms with Gasteiger partial charge in [0, 0.05) is 0 Å². The van der Waals surface area contributed by atoms with Crippen LogP contribution < -0.4 is 5.32 Å². The average Bonchev–Trinajstić information content (AvgIpc) is 2.76. The van der Waals surface area contributed by atoms with Gasteiger partial charge in [-0.25, -0.2) is 0 Å². The van der Waals surface area contributed by atoms with Crippen LogP contribution in [0.4, 0.5) is 13.6 Å². The second-order valence-corrected chi connectivity index (χ2v) is 13.0. The van der Waals surface area contributed by atoms with E-state index in [0.717, 1.165) is 11.6 Å². The fourth-order valence-electron chi connectivity index (χ4n) is 4.42. The molecule has 0 saturated carbocycles. The molecule has 0 spiro atoms. The maximum atomic E-state index is 13.7. The Kier molecular flexibility index (Phi) is 8.94. The number of nitrogens with zero attached hydrogens (tertiary/aromatic N) is 1. The Morgan fingerprint density at radius 1 is 1.17 bits per heavy atom. The van der Waals surface area contributed by atoms with Gasteiger partial charge in [0.1, 0.15) is 0 Å². The number of ether oxygens (including phenoxy) is 1. The van der Waals surface area contributed by atoms with Crippen molar-refractivity contribution in [2.45, 2.75) is 54.7 Å². The van der Waals surface area contributed by atoms with Gasteiger partial charge in [0.05, 0.1) is 0 Å². The van der Waals surface area contributed by atoms with E-state index < -0.39 is 39.5 Å². The average molecular weight is 550 g/mol. The van der Waals surface area contributed by atoms with E-state index in [9.17, 15) is 23.5 Å². The molecular weight excluding hydrogens is 517 g/mol. The first-order valence-electron chi connectivity index (χ1n) is 11.6.